The molecule has 3 aliphatic heterocycles. The van der Waals surface area contributed by atoms with E-state index in [-0.39, 0.29) is 18.8 Å². The van der Waals surface area contributed by atoms with Gasteiger partial charge in [-0.3, -0.25) is 14.9 Å². The fourth-order valence-electron chi connectivity index (χ4n) is 5.18. The molecular formula is C27H31N5O7S. The third-order valence-corrected chi connectivity index (χ3v) is 8.86. The largest absolute Gasteiger partial charge is 0.444 e. The molecule has 13 heteroatoms. The molecule has 0 unspecified atom stereocenters. The summed E-state index contributed by atoms with van der Waals surface area (Å²) in [5, 5.41) is 7.60. The molecule has 5 amide bonds. The van der Waals surface area contributed by atoms with Crippen molar-refractivity contribution in [2.75, 3.05) is 30.3 Å². The Kier molecular flexibility index (Phi) is 6.73. The molecule has 0 radical (unpaired) electrons. The normalized spacial score (nSPS) is 23.4. The molecule has 1 spiro atoms. The average molecular weight is 570 g/mol. The fraction of sp³-hybridized carbons (Fsp3) is 0.407. The van der Waals surface area contributed by atoms with Crippen molar-refractivity contribution in [1.82, 2.24) is 20.9 Å². The van der Waals surface area contributed by atoms with Crippen LogP contribution in [0.5, 0.6) is 0 Å². The number of likely N-dealkylation sites (tertiary alicyclic amines) is 1. The summed E-state index contributed by atoms with van der Waals surface area (Å²) in [6.07, 6.45) is -0.658. The first-order valence-corrected chi connectivity index (χ1v) is 14.5. The van der Waals surface area contributed by atoms with Crippen molar-refractivity contribution in [2.45, 2.75) is 49.4 Å². The van der Waals surface area contributed by atoms with Crippen LogP contribution in [-0.4, -0.2) is 79.8 Å². The lowest BCUT2D eigenvalue weighted by Gasteiger charge is -2.31. The predicted octanol–water partition coefficient (Wildman–Crippen LogP) is 1.41. The zero-order valence-corrected chi connectivity index (χ0v) is 23.2. The first-order chi connectivity index (χ1) is 18.8. The van der Waals surface area contributed by atoms with Crippen LogP contribution in [0.3, 0.4) is 0 Å². The first kappa shape index (κ1) is 27.4. The van der Waals surface area contributed by atoms with Crippen LogP contribution in [0.1, 0.15) is 36.7 Å². The number of anilines is 1. The molecular weight excluding hydrogens is 538 g/mol. The fourth-order valence-corrected chi connectivity index (χ4v) is 6.66. The van der Waals surface area contributed by atoms with Crippen molar-refractivity contribution >= 4 is 39.5 Å². The van der Waals surface area contributed by atoms with E-state index in [0.717, 1.165) is 5.56 Å². The van der Waals surface area contributed by atoms with Gasteiger partial charge in [-0.25, -0.2) is 18.0 Å². The quantitative estimate of drug-likeness (QED) is 0.467. The zero-order valence-electron chi connectivity index (χ0n) is 22.4. The van der Waals surface area contributed by atoms with Gasteiger partial charge in [-0.2, -0.15) is 0 Å². The lowest BCUT2D eigenvalue weighted by atomic mass is 9.93. The number of urea groups is 1. The summed E-state index contributed by atoms with van der Waals surface area (Å²) in [6.45, 7) is 5.77. The number of carbonyl (C=O) groups excluding carboxylic acids is 4. The van der Waals surface area contributed by atoms with E-state index in [9.17, 15) is 27.6 Å². The number of hydrogen-bond acceptors (Lipinski definition) is 8. The molecule has 2 aromatic rings. The smallest absolute Gasteiger partial charge is 0.410 e. The maximum absolute atomic E-state index is 13.2. The number of fused-ring (bicyclic) bond motifs is 1. The van der Waals surface area contributed by atoms with E-state index in [2.05, 4.69) is 16.0 Å². The molecule has 3 heterocycles. The number of para-hydroxylation sites is 1. The molecule has 3 aliphatic rings. The van der Waals surface area contributed by atoms with Crippen molar-refractivity contribution in [2.24, 2.45) is 0 Å². The second-order valence-corrected chi connectivity index (χ2v) is 13.2. The molecule has 5 rings (SSSR count). The minimum atomic E-state index is -3.31. The highest BCUT2D eigenvalue weighted by molar-refractivity contribution is 7.91. The Balaban J connectivity index is 1.30. The van der Waals surface area contributed by atoms with Gasteiger partial charge < -0.3 is 25.2 Å². The number of rotatable bonds is 4. The van der Waals surface area contributed by atoms with E-state index >= 15 is 0 Å². The van der Waals surface area contributed by atoms with Gasteiger partial charge in [0.05, 0.1) is 28.9 Å². The third-order valence-electron chi connectivity index (χ3n) is 7.12. The van der Waals surface area contributed by atoms with Crippen molar-refractivity contribution < 1.29 is 32.3 Å². The number of hydrogen-bond donors (Lipinski definition) is 3. The summed E-state index contributed by atoms with van der Waals surface area (Å²) in [5.41, 5.74) is -0.444. The van der Waals surface area contributed by atoms with Crippen molar-refractivity contribution in [3.05, 3.63) is 59.7 Å². The Morgan fingerprint density at radius 1 is 1.10 bits per heavy atom. The van der Waals surface area contributed by atoms with Crippen LogP contribution < -0.4 is 20.9 Å². The molecule has 12 nitrogen and oxygen atoms in total. The summed E-state index contributed by atoms with van der Waals surface area (Å²) in [4.78, 5) is 54.3. The van der Waals surface area contributed by atoms with Gasteiger partial charge in [0.1, 0.15) is 5.60 Å². The number of carbonyl (C=O) groups is 4. The minimum absolute atomic E-state index is 0.0259. The van der Waals surface area contributed by atoms with Crippen LogP contribution in [0.25, 0.3) is 0 Å². The predicted molar refractivity (Wildman–Crippen MR) is 144 cm³/mol. The standard InChI is InChI=1S/C27H31N5O7S/c1-26(2,3)39-25(36)32-15-21(27(16-32)23(34)29-24(35)30-27)28-22(33)18-10-8-17(9-11-18)14-31-12-13-40(37,38)20-7-5-4-6-19(20)31/h4-11,21H,12-16H2,1-3H3,(H,28,33)(H2,29,30,34,35)/t21-,27+/m1/s1. The van der Waals surface area contributed by atoms with Gasteiger partial charge in [-0.05, 0) is 50.6 Å². The van der Waals surface area contributed by atoms with Crippen molar-refractivity contribution in [3.63, 3.8) is 0 Å². The molecule has 2 fully saturated rings. The van der Waals surface area contributed by atoms with Crippen LogP contribution in [-0.2, 0) is 25.9 Å². The number of nitrogens with one attached hydrogen (secondary N) is 3. The van der Waals surface area contributed by atoms with Gasteiger partial charge in [0.25, 0.3) is 11.8 Å². The van der Waals surface area contributed by atoms with Gasteiger partial charge in [-0.15, -0.1) is 0 Å². The zero-order chi connectivity index (χ0) is 28.9. The summed E-state index contributed by atoms with van der Waals surface area (Å²) in [5.74, 6) is -1.09. The molecule has 0 aliphatic carbocycles. The molecule has 2 aromatic carbocycles. The van der Waals surface area contributed by atoms with E-state index in [1.165, 1.54) is 4.90 Å². The van der Waals surface area contributed by atoms with Gasteiger partial charge in [-0.1, -0.05) is 24.3 Å². The van der Waals surface area contributed by atoms with Gasteiger partial charge >= 0.3 is 12.1 Å². The number of imide groups is 1. The molecule has 2 saturated heterocycles. The lowest BCUT2D eigenvalue weighted by molar-refractivity contribution is -0.124. The SMILES string of the molecule is CC(C)(C)OC(=O)N1C[C@@H](NC(=O)c2ccc(CN3CCS(=O)(=O)c4ccccc43)cc2)[C@]2(C1)NC(=O)NC2=O. The van der Waals surface area contributed by atoms with E-state index < -0.39 is 51.0 Å². The van der Waals surface area contributed by atoms with Crippen LogP contribution in [0.4, 0.5) is 15.3 Å². The number of nitrogens with zero attached hydrogens (tertiary/aromatic N) is 2. The number of sulfone groups is 1. The average Bonchev–Trinajstić information content (AvgIpc) is 3.38. The Labute approximate surface area is 231 Å². The third kappa shape index (κ3) is 5.20. The van der Waals surface area contributed by atoms with Crippen LogP contribution in [0.15, 0.2) is 53.4 Å². The summed E-state index contributed by atoms with van der Waals surface area (Å²) < 4.78 is 30.3. The Hall–Kier alpha value is -4.13. The summed E-state index contributed by atoms with van der Waals surface area (Å²) in [6, 6.07) is 12.1. The molecule has 0 aromatic heterocycles. The maximum Gasteiger partial charge on any atom is 0.410 e. The van der Waals surface area contributed by atoms with Crippen LogP contribution >= 0.6 is 0 Å². The maximum atomic E-state index is 13.2. The monoisotopic (exact) mass is 569 g/mol. The molecule has 0 bridgehead atoms. The summed E-state index contributed by atoms with van der Waals surface area (Å²) >= 11 is 0. The van der Waals surface area contributed by atoms with Crippen molar-refractivity contribution in [3.8, 4) is 0 Å². The van der Waals surface area contributed by atoms with Crippen LogP contribution in [0.2, 0.25) is 0 Å². The first-order valence-electron chi connectivity index (χ1n) is 12.9. The number of ether oxygens (including phenoxy) is 1. The molecule has 2 atom stereocenters. The highest BCUT2D eigenvalue weighted by Gasteiger charge is 2.59. The Morgan fingerprint density at radius 3 is 2.45 bits per heavy atom. The summed E-state index contributed by atoms with van der Waals surface area (Å²) in [7, 11) is -3.31. The Bertz CT molecular complexity index is 1490. The van der Waals surface area contributed by atoms with Gasteiger partial charge in [0.2, 0.25) is 0 Å². The highest BCUT2D eigenvalue weighted by atomic mass is 32.2. The molecule has 40 heavy (non-hydrogen) atoms. The second-order valence-electron chi connectivity index (χ2n) is 11.2. The van der Waals surface area contributed by atoms with E-state index in [1.54, 1.807) is 69.3 Å². The van der Waals surface area contributed by atoms with E-state index in [4.69, 9.17) is 4.74 Å². The molecule has 212 valence electrons. The van der Waals surface area contributed by atoms with E-state index in [0.29, 0.717) is 29.2 Å². The van der Waals surface area contributed by atoms with E-state index in [1.807, 2.05) is 4.90 Å². The number of benzene rings is 2. The van der Waals surface area contributed by atoms with Gasteiger partial charge in [0.15, 0.2) is 15.4 Å². The number of amides is 5. The second kappa shape index (κ2) is 9.81. The minimum Gasteiger partial charge on any atom is -0.444 e. The lowest BCUT2D eigenvalue weighted by Crippen LogP contribution is -2.62. The molecule has 0 saturated carbocycles. The van der Waals surface area contributed by atoms with Crippen LogP contribution in [0, 0.1) is 0 Å². The Morgan fingerprint density at radius 2 is 1.80 bits per heavy atom. The topological polar surface area (TPSA) is 154 Å². The van der Waals surface area contributed by atoms with Crippen molar-refractivity contribution in [1.29, 1.82) is 0 Å². The highest BCUT2D eigenvalue weighted by Crippen LogP contribution is 2.31. The van der Waals surface area contributed by atoms with Gasteiger partial charge in [0, 0.05) is 25.2 Å². The molecule has 3 N–H and O–H groups in total.